The number of pyridine rings is 1. The second-order valence-corrected chi connectivity index (χ2v) is 8.25. The molecule has 0 atom stereocenters. The second kappa shape index (κ2) is 8.94. The predicted octanol–water partition coefficient (Wildman–Crippen LogP) is 5.31. The minimum absolute atomic E-state index is 0.198. The first-order chi connectivity index (χ1) is 15.4. The summed E-state index contributed by atoms with van der Waals surface area (Å²) in [6.45, 7) is 10.2. The van der Waals surface area contributed by atoms with Crippen molar-refractivity contribution in [2.24, 2.45) is 7.05 Å². The second-order valence-electron chi connectivity index (χ2n) is 8.25. The van der Waals surface area contributed by atoms with Gasteiger partial charge in [-0.15, -0.1) is 16.8 Å². The number of hydrogen-bond acceptors (Lipinski definition) is 4. The van der Waals surface area contributed by atoms with Crippen LogP contribution in [-0.4, -0.2) is 24.4 Å². The Morgan fingerprint density at radius 1 is 1.19 bits per heavy atom. The zero-order chi connectivity index (χ0) is 22.8. The maximum absolute atomic E-state index is 14.6. The molecule has 6 nitrogen and oxygen atoms in total. The quantitative estimate of drug-likeness (QED) is 0.303. The first kappa shape index (κ1) is 21.7. The molecule has 0 aliphatic carbocycles. The van der Waals surface area contributed by atoms with E-state index in [9.17, 15) is 4.39 Å². The summed E-state index contributed by atoms with van der Waals surface area (Å²) in [5.74, 6) is 0.688. The molecule has 7 heteroatoms. The molecule has 166 valence electrons. The van der Waals surface area contributed by atoms with Gasteiger partial charge in [0.2, 0.25) is 0 Å². The fourth-order valence-corrected chi connectivity index (χ4v) is 4.15. The van der Waals surface area contributed by atoms with Crippen molar-refractivity contribution in [3.63, 3.8) is 0 Å². The van der Waals surface area contributed by atoms with Crippen LogP contribution in [0.25, 0.3) is 16.9 Å². The number of rotatable bonds is 8. The Kier molecular flexibility index (Phi) is 6.08. The van der Waals surface area contributed by atoms with Crippen molar-refractivity contribution >= 4 is 11.5 Å². The summed E-state index contributed by atoms with van der Waals surface area (Å²) in [4.78, 5) is 0. The third kappa shape index (κ3) is 4.02. The van der Waals surface area contributed by atoms with Crippen LogP contribution < -0.4 is 5.32 Å². The molecule has 4 rings (SSSR count). The fourth-order valence-electron chi connectivity index (χ4n) is 4.15. The summed E-state index contributed by atoms with van der Waals surface area (Å²) in [6.07, 6.45) is 6.38. The van der Waals surface area contributed by atoms with Gasteiger partial charge in [0.1, 0.15) is 18.0 Å². The van der Waals surface area contributed by atoms with Gasteiger partial charge >= 0.3 is 0 Å². The average molecular weight is 433 g/mol. The van der Waals surface area contributed by atoms with E-state index in [4.69, 9.17) is 0 Å². The van der Waals surface area contributed by atoms with Gasteiger partial charge in [0, 0.05) is 24.7 Å². The molecule has 0 unspecified atom stereocenters. The van der Waals surface area contributed by atoms with Crippen molar-refractivity contribution in [2.75, 3.05) is 5.32 Å². The largest absolute Gasteiger partial charge is 0.367 e. The van der Waals surface area contributed by atoms with E-state index in [-0.39, 0.29) is 5.82 Å². The number of nitrogens with one attached hydrogen (secondary N) is 1. The number of hydrogen-bond donors (Lipinski definition) is 1. The summed E-state index contributed by atoms with van der Waals surface area (Å²) < 4.78 is 18.4. The van der Waals surface area contributed by atoms with E-state index in [2.05, 4.69) is 39.3 Å². The molecule has 0 radical (unpaired) electrons. The number of halogens is 1. The minimum atomic E-state index is -0.198. The lowest BCUT2D eigenvalue weighted by Gasteiger charge is -2.18. The van der Waals surface area contributed by atoms with Gasteiger partial charge < -0.3 is 5.32 Å². The normalized spacial score (nSPS) is 11.3. The molecule has 3 heterocycles. The van der Waals surface area contributed by atoms with Crippen molar-refractivity contribution in [1.29, 1.82) is 0 Å². The highest BCUT2D eigenvalue weighted by molar-refractivity contribution is 5.79. The van der Waals surface area contributed by atoms with E-state index >= 15 is 0 Å². The predicted molar refractivity (Wildman–Crippen MR) is 126 cm³/mol. The van der Waals surface area contributed by atoms with Crippen molar-refractivity contribution in [3.8, 4) is 11.3 Å². The lowest BCUT2D eigenvalue weighted by molar-refractivity contribution is 0.610. The molecule has 0 bridgehead atoms. The van der Waals surface area contributed by atoms with E-state index in [1.165, 1.54) is 6.07 Å². The summed E-state index contributed by atoms with van der Waals surface area (Å²) in [5.41, 5.74) is 7.48. The molecule has 4 aromatic rings. The van der Waals surface area contributed by atoms with Crippen molar-refractivity contribution in [1.82, 2.24) is 24.4 Å². The molecular weight excluding hydrogens is 403 g/mol. The Morgan fingerprint density at radius 2 is 2.00 bits per heavy atom. The molecule has 0 amide bonds. The number of allylic oxidation sites excluding steroid dienone is 1. The zero-order valence-corrected chi connectivity index (χ0v) is 19.1. The summed E-state index contributed by atoms with van der Waals surface area (Å²) in [5, 5.41) is 16.6. The molecule has 1 aromatic carbocycles. The number of aryl methyl sites for hydroxylation is 4. The van der Waals surface area contributed by atoms with Crippen molar-refractivity contribution < 1.29 is 4.39 Å². The number of aromatic nitrogens is 5. The summed E-state index contributed by atoms with van der Waals surface area (Å²) in [6, 6.07) is 7.56. The van der Waals surface area contributed by atoms with E-state index in [1.54, 1.807) is 6.33 Å². The van der Waals surface area contributed by atoms with E-state index in [0.717, 1.165) is 64.4 Å². The van der Waals surface area contributed by atoms with Crippen LogP contribution in [-0.2, 0) is 20.0 Å². The number of unbranched alkanes of at least 4 members (excludes halogenated alkanes) is 1. The minimum Gasteiger partial charge on any atom is -0.367 e. The van der Waals surface area contributed by atoms with Gasteiger partial charge in [-0.05, 0) is 74.9 Å². The van der Waals surface area contributed by atoms with Crippen LogP contribution in [0.5, 0.6) is 0 Å². The highest BCUT2D eigenvalue weighted by Crippen LogP contribution is 2.31. The van der Waals surface area contributed by atoms with Crippen molar-refractivity contribution in [3.05, 3.63) is 77.0 Å². The van der Waals surface area contributed by atoms with Crippen LogP contribution in [0, 0.1) is 26.6 Å². The molecule has 0 fully saturated rings. The van der Waals surface area contributed by atoms with Gasteiger partial charge in [0.15, 0.2) is 5.65 Å². The van der Waals surface area contributed by atoms with Gasteiger partial charge in [-0.25, -0.2) is 4.39 Å². The van der Waals surface area contributed by atoms with Gasteiger partial charge in [-0.1, -0.05) is 12.1 Å². The number of fused-ring (bicyclic) bond motifs is 1. The van der Waals surface area contributed by atoms with Crippen LogP contribution in [0.2, 0.25) is 0 Å². The maximum atomic E-state index is 14.6. The standard InChI is InChI=1S/C25H29FN6/c1-6-7-8-9-19-13-20(23-12-17(3)30-31(23)5)25-29-28-15-32(25)24(19)27-14-21-18(4)16(2)10-11-22(21)26/h6,10-13,15,27H,1,7-9,14H2,2-5H3. The average Bonchev–Trinajstić information content (AvgIpc) is 3.38. The zero-order valence-electron chi connectivity index (χ0n) is 19.1. The maximum Gasteiger partial charge on any atom is 0.171 e. The molecule has 0 aliphatic heterocycles. The van der Waals surface area contributed by atoms with E-state index in [0.29, 0.717) is 12.1 Å². The molecule has 3 aromatic heterocycles. The number of benzene rings is 1. The molecule has 1 N–H and O–H groups in total. The van der Waals surface area contributed by atoms with Crippen LogP contribution >= 0.6 is 0 Å². The van der Waals surface area contributed by atoms with Crippen LogP contribution in [0.3, 0.4) is 0 Å². The topological polar surface area (TPSA) is 60.0 Å². The van der Waals surface area contributed by atoms with E-state index in [1.807, 2.05) is 49.0 Å². The van der Waals surface area contributed by atoms with Gasteiger partial charge in [0.05, 0.1) is 11.4 Å². The SMILES string of the molecule is C=CCCCc1cc(-c2cc(C)nn2C)c2nncn2c1NCc1c(F)ccc(C)c1C. The van der Waals surface area contributed by atoms with E-state index < -0.39 is 0 Å². The monoisotopic (exact) mass is 432 g/mol. The third-order valence-electron chi connectivity index (χ3n) is 6.03. The number of anilines is 1. The molecule has 0 saturated carbocycles. The highest BCUT2D eigenvalue weighted by atomic mass is 19.1. The number of nitrogens with zero attached hydrogens (tertiary/aromatic N) is 5. The van der Waals surface area contributed by atoms with Gasteiger partial charge in [-0.3, -0.25) is 9.08 Å². The first-order valence-corrected chi connectivity index (χ1v) is 10.9. The molecular formula is C25H29FN6. The Bertz CT molecular complexity index is 1280. The van der Waals surface area contributed by atoms with Crippen LogP contribution in [0.15, 0.2) is 43.2 Å². The molecule has 0 aliphatic rings. The lowest BCUT2D eigenvalue weighted by atomic mass is 10.0. The lowest BCUT2D eigenvalue weighted by Crippen LogP contribution is -2.11. The van der Waals surface area contributed by atoms with Gasteiger partial charge in [0.25, 0.3) is 0 Å². The Balaban J connectivity index is 1.81. The van der Waals surface area contributed by atoms with Crippen molar-refractivity contribution in [2.45, 2.75) is 46.6 Å². The highest BCUT2D eigenvalue weighted by Gasteiger charge is 2.18. The Hall–Kier alpha value is -3.48. The molecule has 0 spiro atoms. The smallest absolute Gasteiger partial charge is 0.171 e. The Morgan fingerprint density at radius 3 is 2.72 bits per heavy atom. The Labute approximate surface area is 187 Å². The fraction of sp³-hybridized carbons (Fsp3) is 0.320. The molecule has 32 heavy (non-hydrogen) atoms. The summed E-state index contributed by atoms with van der Waals surface area (Å²) in [7, 11) is 1.93. The van der Waals surface area contributed by atoms with Gasteiger partial charge in [-0.2, -0.15) is 5.10 Å². The molecule has 0 saturated heterocycles. The third-order valence-corrected chi connectivity index (χ3v) is 6.03. The first-order valence-electron chi connectivity index (χ1n) is 10.9. The summed E-state index contributed by atoms with van der Waals surface area (Å²) >= 11 is 0. The van der Waals surface area contributed by atoms with Crippen LogP contribution in [0.1, 0.15) is 40.8 Å². The van der Waals surface area contributed by atoms with Crippen LogP contribution in [0.4, 0.5) is 10.2 Å².